The largest absolute Gasteiger partial charge is 0.471 e. The molecule has 0 spiro atoms. The lowest BCUT2D eigenvalue weighted by Crippen LogP contribution is -2.47. The van der Waals surface area contributed by atoms with Crippen molar-refractivity contribution in [3.8, 4) is 0 Å². The molecule has 2 heterocycles. The number of piperazine rings is 1. The van der Waals surface area contributed by atoms with Crippen molar-refractivity contribution >= 4 is 33.3 Å². The SMILES string of the molecule is CN(CCCCN1CCN(c2nsc3ccccc23)CC1)C(=O)C(F)(F)F. The maximum Gasteiger partial charge on any atom is 0.471 e. The summed E-state index contributed by atoms with van der Waals surface area (Å²) in [6.07, 6.45) is -3.45. The third-order valence-electron chi connectivity index (χ3n) is 4.84. The Labute approximate surface area is 160 Å². The van der Waals surface area contributed by atoms with Crippen LogP contribution >= 0.6 is 11.5 Å². The van der Waals surface area contributed by atoms with Crippen molar-refractivity contribution in [1.29, 1.82) is 0 Å². The molecule has 1 aliphatic rings. The third-order valence-corrected chi connectivity index (χ3v) is 5.65. The Kier molecular flexibility index (Phi) is 6.21. The van der Waals surface area contributed by atoms with Crippen LogP contribution in [0.4, 0.5) is 19.0 Å². The molecule has 148 valence electrons. The monoisotopic (exact) mass is 400 g/mol. The van der Waals surface area contributed by atoms with Gasteiger partial charge in [-0.25, -0.2) is 0 Å². The molecule has 9 heteroatoms. The highest BCUT2D eigenvalue weighted by molar-refractivity contribution is 7.13. The summed E-state index contributed by atoms with van der Waals surface area (Å²) in [5.74, 6) is -0.728. The first-order chi connectivity index (χ1) is 12.9. The van der Waals surface area contributed by atoms with Gasteiger partial charge in [0.2, 0.25) is 0 Å². The maximum absolute atomic E-state index is 12.3. The van der Waals surface area contributed by atoms with Crippen LogP contribution in [0, 0.1) is 0 Å². The van der Waals surface area contributed by atoms with Gasteiger partial charge in [-0.15, -0.1) is 0 Å². The third kappa shape index (κ3) is 4.90. The second kappa shape index (κ2) is 8.43. The molecule has 0 atom stereocenters. The number of carbonyl (C=O) groups excluding carboxylic acids is 1. The number of unbranched alkanes of at least 4 members (excludes halogenated alkanes) is 1. The number of hydrogen-bond acceptors (Lipinski definition) is 5. The molecule has 0 saturated carbocycles. The van der Waals surface area contributed by atoms with Crippen LogP contribution in [-0.4, -0.2) is 72.6 Å². The van der Waals surface area contributed by atoms with E-state index in [4.69, 9.17) is 0 Å². The van der Waals surface area contributed by atoms with Crippen molar-refractivity contribution in [2.24, 2.45) is 0 Å². The first-order valence-electron chi connectivity index (χ1n) is 9.00. The van der Waals surface area contributed by atoms with E-state index in [2.05, 4.69) is 26.3 Å². The highest BCUT2D eigenvalue weighted by Gasteiger charge is 2.40. The van der Waals surface area contributed by atoms with E-state index in [9.17, 15) is 18.0 Å². The molecule has 0 bridgehead atoms. The average molecular weight is 400 g/mol. The number of aromatic nitrogens is 1. The van der Waals surface area contributed by atoms with Crippen LogP contribution in [0.3, 0.4) is 0 Å². The molecule has 1 amide bonds. The van der Waals surface area contributed by atoms with Crippen LogP contribution in [0.25, 0.3) is 10.1 Å². The summed E-state index contributed by atoms with van der Waals surface area (Å²) in [6.45, 7) is 4.55. The van der Waals surface area contributed by atoms with Crippen LogP contribution in [-0.2, 0) is 4.79 Å². The Morgan fingerprint density at radius 2 is 1.89 bits per heavy atom. The Morgan fingerprint density at radius 1 is 1.19 bits per heavy atom. The molecular weight excluding hydrogens is 377 g/mol. The Hall–Kier alpha value is -1.87. The lowest BCUT2D eigenvalue weighted by atomic mass is 10.2. The van der Waals surface area contributed by atoms with Gasteiger partial charge in [-0.05, 0) is 43.1 Å². The number of halogens is 3. The number of hydrogen-bond donors (Lipinski definition) is 0. The molecule has 0 radical (unpaired) electrons. The number of rotatable bonds is 6. The summed E-state index contributed by atoms with van der Waals surface area (Å²) >= 11 is 1.51. The quantitative estimate of drug-likeness (QED) is 0.698. The number of fused-ring (bicyclic) bond motifs is 1. The second-order valence-corrected chi connectivity index (χ2v) is 7.57. The van der Waals surface area contributed by atoms with Crippen LogP contribution in [0.5, 0.6) is 0 Å². The lowest BCUT2D eigenvalue weighted by Gasteiger charge is -2.35. The summed E-state index contributed by atoms with van der Waals surface area (Å²) in [4.78, 5) is 16.5. The van der Waals surface area contributed by atoms with Crippen LogP contribution in [0.15, 0.2) is 24.3 Å². The van der Waals surface area contributed by atoms with Gasteiger partial charge in [0.15, 0.2) is 0 Å². The van der Waals surface area contributed by atoms with Crippen molar-refractivity contribution in [1.82, 2.24) is 14.2 Å². The molecule has 3 rings (SSSR count). The van der Waals surface area contributed by atoms with E-state index in [-0.39, 0.29) is 6.54 Å². The summed E-state index contributed by atoms with van der Waals surface area (Å²) < 4.78 is 42.8. The second-order valence-electron chi connectivity index (χ2n) is 6.76. The maximum atomic E-state index is 12.3. The first-order valence-corrected chi connectivity index (χ1v) is 9.77. The van der Waals surface area contributed by atoms with Gasteiger partial charge < -0.3 is 9.80 Å². The Bertz CT molecular complexity index is 771. The van der Waals surface area contributed by atoms with Gasteiger partial charge in [0, 0.05) is 45.2 Å². The van der Waals surface area contributed by atoms with E-state index in [1.807, 2.05) is 12.1 Å². The molecule has 27 heavy (non-hydrogen) atoms. The predicted molar refractivity (Wildman–Crippen MR) is 101 cm³/mol. The van der Waals surface area contributed by atoms with Crippen LogP contribution < -0.4 is 4.90 Å². The fraction of sp³-hybridized carbons (Fsp3) is 0.556. The zero-order chi connectivity index (χ0) is 19.4. The normalized spacial score (nSPS) is 16.1. The van der Waals surface area contributed by atoms with Crippen LogP contribution in [0.1, 0.15) is 12.8 Å². The van der Waals surface area contributed by atoms with E-state index in [0.29, 0.717) is 6.42 Å². The number of carbonyl (C=O) groups is 1. The molecule has 2 aromatic rings. The number of alkyl halides is 3. The molecule has 0 N–H and O–H groups in total. The minimum Gasteiger partial charge on any atom is -0.353 e. The summed E-state index contributed by atoms with van der Waals surface area (Å²) in [5.41, 5.74) is 0. The Morgan fingerprint density at radius 3 is 2.59 bits per heavy atom. The van der Waals surface area contributed by atoms with Gasteiger partial charge in [0.25, 0.3) is 0 Å². The van der Waals surface area contributed by atoms with Gasteiger partial charge in [0.1, 0.15) is 5.82 Å². The highest BCUT2D eigenvalue weighted by atomic mass is 32.1. The number of amides is 1. The minimum absolute atomic E-state index is 0.128. The molecule has 0 unspecified atom stereocenters. The van der Waals surface area contributed by atoms with Crippen LogP contribution in [0.2, 0.25) is 0 Å². The van der Waals surface area contributed by atoms with E-state index >= 15 is 0 Å². The fourth-order valence-electron chi connectivity index (χ4n) is 3.29. The van der Waals surface area contributed by atoms with E-state index in [1.54, 1.807) is 0 Å². The summed E-state index contributed by atoms with van der Waals surface area (Å²) in [6, 6.07) is 8.21. The standard InChI is InChI=1S/C18H23F3N4OS/c1-23(17(26)18(19,20)21)8-4-5-9-24-10-12-25(13-11-24)16-14-6-2-3-7-15(14)27-22-16/h2-3,6-7H,4-5,8-13H2,1H3. The van der Waals surface area contributed by atoms with Crippen molar-refractivity contribution in [2.75, 3.05) is 51.2 Å². The van der Waals surface area contributed by atoms with Gasteiger partial charge in [-0.3, -0.25) is 9.69 Å². The van der Waals surface area contributed by atoms with Gasteiger partial charge in [-0.2, -0.15) is 17.5 Å². The first kappa shape index (κ1) is 19.9. The molecule has 1 aromatic carbocycles. The highest BCUT2D eigenvalue weighted by Crippen LogP contribution is 2.29. The van der Waals surface area contributed by atoms with Crippen molar-refractivity contribution in [2.45, 2.75) is 19.0 Å². The van der Waals surface area contributed by atoms with Gasteiger partial charge >= 0.3 is 12.1 Å². The fourth-order valence-corrected chi connectivity index (χ4v) is 4.08. The van der Waals surface area contributed by atoms with E-state index in [0.717, 1.165) is 49.9 Å². The smallest absolute Gasteiger partial charge is 0.353 e. The summed E-state index contributed by atoms with van der Waals surface area (Å²) in [5, 5.41) is 1.19. The van der Waals surface area contributed by atoms with E-state index < -0.39 is 12.1 Å². The zero-order valence-electron chi connectivity index (χ0n) is 15.2. The van der Waals surface area contributed by atoms with E-state index in [1.165, 1.54) is 28.7 Å². The number of anilines is 1. The predicted octanol–water partition coefficient (Wildman–Crippen LogP) is 3.22. The lowest BCUT2D eigenvalue weighted by molar-refractivity contribution is -0.184. The summed E-state index contributed by atoms with van der Waals surface area (Å²) in [7, 11) is 1.20. The average Bonchev–Trinajstić information content (AvgIpc) is 3.08. The number of nitrogens with zero attached hydrogens (tertiary/aromatic N) is 4. The van der Waals surface area contributed by atoms with Crippen molar-refractivity contribution in [3.05, 3.63) is 24.3 Å². The molecule has 1 fully saturated rings. The number of benzene rings is 1. The Balaban J connectivity index is 1.39. The molecule has 1 saturated heterocycles. The molecule has 5 nitrogen and oxygen atoms in total. The molecule has 0 aliphatic carbocycles. The molecule has 1 aliphatic heterocycles. The zero-order valence-corrected chi connectivity index (χ0v) is 16.0. The molecular formula is C18H23F3N4OS. The minimum atomic E-state index is -4.79. The van der Waals surface area contributed by atoms with Crippen molar-refractivity contribution in [3.63, 3.8) is 0 Å². The van der Waals surface area contributed by atoms with Crippen molar-refractivity contribution < 1.29 is 18.0 Å². The molecule has 1 aromatic heterocycles. The topological polar surface area (TPSA) is 39.7 Å². The van der Waals surface area contributed by atoms with Gasteiger partial charge in [-0.1, -0.05) is 12.1 Å². The van der Waals surface area contributed by atoms with Gasteiger partial charge in [0.05, 0.1) is 4.70 Å².